The Morgan fingerprint density at radius 3 is 2.67 bits per heavy atom. The maximum absolute atomic E-state index is 12.2. The van der Waals surface area contributed by atoms with Gasteiger partial charge in [0.15, 0.2) is 29.3 Å². The van der Waals surface area contributed by atoms with Crippen molar-refractivity contribution in [2.24, 2.45) is 0 Å². The number of carbonyl (C=O) groups is 1. The summed E-state index contributed by atoms with van der Waals surface area (Å²) in [5.74, 6) is 0.623. The number of aromatic nitrogens is 4. The average Bonchev–Trinajstić information content (AvgIpc) is 3.29. The number of nitrogens with zero attached hydrogens (tertiary/aromatic N) is 4. The molecule has 1 fully saturated rings. The molecule has 158 valence electrons. The molecule has 0 bridgehead atoms. The van der Waals surface area contributed by atoms with Gasteiger partial charge in [0.25, 0.3) is 5.91 Å². The first kappa shape index (κ1) is 20.2. The molecular formula is C20H24N6O4. The first-order valence-electron chi connectivity index (χ1n) is 9.78. The van der Waals surface area contributed by atoms with Crippen molar-refractivity contribution >= 4 is 22.9 Å². The molecule has 1 saturated heterocycles. The van der Waals surface area contributed by atoms with E-state index < -0.39 is 30.4 Å². The minimum atomic E-state index is -1.37. The number of amides is 1. The number of nitrogens with one attached hydrogen (secondary N) is 2. The first-order valence-corrected chi connectivity index (χ1v) is 9.78. The number of benzene rings is 1. The van der Waals surface area contributed by atoms with E-state index >= 15 is 0 Å². The van der Waals surface area contributed by atoms with Gasteiger partial charge in [0.2, 0.25) is 0 Å². The molecule has 1 aliphatic heterocycles. The summed E-state index contributed by atoms with van der Waals surface area (Å²) in [6.45, 7) is 2.16. The Kier molecular flexibility index (Phi) is 5.62. The number of hydrogen-bond donors (Lipinski definition) is 4. The van der Waals surface area contributed by atoms with Crippen LogP contribution in [0, 0.1) is 0 Å². The van der Waals surface area contributed by atoms with E-state index in [1.54, 1.807) is 14.0 Å². The lowest BCUT2D eigenvalue weighted by molar-refractivity contribution is -0.137. The van der Waals surface area contributed by atoms with Crippen molar-refractivity contribution in [1.29, 1.82) is 0 Å². The third-order valence-corrected chi connectivity index (χ3v) is 5.03. The van der Waals surface area contributed by atoms with Gasteiger partial charge in [-0.15, -0.1) is 0 Å². The van der Waals surface area contributed by atoms with Gasteiger partial charge in [-0.3, -0.25) is 9.36 Å². The number of likely N-dealkylation sites (N-methyl/N-ethyl adjacent to an activating group) is 1. The highest BCUT2D eigenvalue weighted by Crippen LogP contribution is 2.32. The van der Waals surface area contributed by atoms with Gasteiger partial charge in [-0.25, -0.2) is 15.0 Å². The Balaban J connectivity index is 1.71. The van der Waals surface area contributed by atoms with Crippen LogP contribution in [0.25, 0.3) is 11.2 Å². The molecule has 4 N–H and O–H groups in total. The molecule has 4 unspecified atom stereocenters. The highest BCUT2D eigenvalue weighted by atomic mass is 16.6. The van der Waals surface area contributed by atoms with Crippen LogP contribution in [0.3, 0.4) is 0 Å². The molecule has 1 amide bonds. The number of rotatable bonds is 6. The van der Waals surface area contributed by atoms with Gasteiger partial charge in [0.05, 0.1) is 6.33 Å². The highest BCUT2D eigenvalue weighted by Gasteiger charge is 2.47. The monoisotopic (exact) mass is 412 g/mol. The van der Waals surface area contributed by atoms with Gasteiger partial charge in [-0.1, -0.05) is 30.3 Å². The lowest BCUT2D eigenvalue weighted by atomic mass is 10.1. The Hall–Kier alpha value is -3.08. The van der Waals surface area contributed by atoms with Crippen LogP contribution in [-0.4, -0.2) is 67.5 Å². The summed E-state index contributed by atoms with van der Waals surface area (Å²) in [7, 11) is 1.74. The molecular weight excluding hydrogens is 388 g/mol. The van der Waals surface area contributed by atoms with Crippen LogP contribution < -0.4 is 10.6 Å². The molecule has 4 rings (SSSR count). The summed E-state index contributed by atoms with van der Waals surface area (Å²) in [5.41, 5.74) is 1.99. The lowest BCUT2D eigenvalue weighted by Crippen LogP contribution is -2.42. The number of aliphatic hydroxyl groups excluding tert-OH is 2. The van der Waals surface area contributed by atoms with E-state index in [0.29, 0.717) is 35.8 Å². The van der Waals surface area contributed by atoms with Crippen molar-refractivity contribution in [3.8, 4) is 0 Å². The van der Waals surface area contributed by atoms with Gasteiger partial charge >= 0.3 is 0 Å². The molecule has 1 aromatic carbocycles. The minimum Gasteiger partial charge on any atom is -0.387 e. The Bertz CT molecular complexity index is 1040. The van der Waals surface area contributed by atoms with Crippen LogP contribution in [0.1, 0.15) is 24.5 Å². The minimum absolute atomic E-state index is 0.391. The van der Waals surface area contributed by atoms with E-state index in [-0.39, 0.29) is 0 Å². The number of aliphatic hydroxyl groups is 2. The number of anilines is 1. The van der Waals surface area contributed by atoms with E-state index in [4.69, 9.17) is 4.74 Å². The first-order chi connectivity index (χ1) is 14.5. The number of carbonyl (C=O) groups excluding carboxylic acids is 1. The third-order valence-electron chi connectivity index (χ3n) is 5.03. The summed E-state index contributed by atoms with van der Waals surface area (Å²) in [4.78, 5) is 25.7. The van der Waals surface area contributed by atoms with Gasteiger partial charge in [0.1, 0.15) is 18.0 Å². The van der Waals surface area contributed by atoms with E-state index in [0.717, 1.165) is 5.56 Å². The molecule has 3 heterocycles. The topological polar surface area (TPSA) is 134 Å². The van der Waals surface area contributed by atoms with Crippen molar-refractivity contribution in [3.05, 3.63) is 48.0 Å². The van der Waals surface area contributed by atoms with E-state index in [1.165, 1.54) is 10.9 Å². The molecule has 30 heavy (non-hydrogen) atoms. The molecule has 0 aliphatic carbocycles. The van der Waals surface area contributed by atoms with Gasteiger partial charge in [-0.05, 0) is 12.5 Å². The van der Waals surface area contributed by atoms with E-state index in [9.17, 15) is 15.0 Å². The second-order valence-corrected chi connectivity index (χ2v) is 7.05. The Morgan fingerprint density at radius 1 is 1.20 bits per heavy atom. The molecule has 10 nitrogen and oxygen atoms in total. The normalized spacial score (nSPS) is 23.6. The van der Waals surface area contributed by atoms with Crippen molar-refractivity contribution < 1.29 is 19.7 Å². The van der Waals surface area contributed by atoms with Crippen LogP contribution in [0.2, 0.25) is 0 Å². The quantitative estimate of drug-likeness (QED) is 0.452. The average molecular weight is 412 g/mol. The predicted octanol–water partition coefficient (Wildman–Crippen LogP) is 0.214. The Morgan fingerprint density at radius 2 is 1.97 bits per heavy atom. The van der Waals surface area contributed by atoms with Crippen molar-refractivity contribution in [2.45, 2.75) is 37.9 Å². The maximum atomic E-state index is 12.2. The van der Waals surface area contributed by atoms with Crippen molar-refractivity contribution in [3.63, 3.8) is 0 Å². The Labute approximate surface area is 172 Å². The van der Waals surface area contributed by atoms with Gasteiger partial charge < -0.3 is 25.6 Å². The van der Waals surface area contributed by atoms with Crippen LogP contribution >= 0.6 is 0 Å². The molecule has 0 saturated carbocycles. The second kappa shape index (κ2) is 8.34. The second-order valence-electron chi connectivity index (χ2n) is 7.05. The number of hydrogen-bond acceptors (Lipinski definition) is 8. The molecule has 10 heteroatoms. The molecule has 3 aromatic rings. The van der Waals surface area contributed by atoms with Crippen molar-refractivity contribution in [2.75, 3.05) is 18.9 Å². The van der Waals surface area contributed by atoms with Crippen LogP contribution in [-0.2, 0) is 16.0 Å². The standard InChI is InChI=1S/C20H24N6O4/c1-3-22-19(29)16-14(27)15(28)20(30-16)26-10-23-13-17(21-2)24-12(25-18(13)26)9-11-7-5-4-6-8-11/h4-8,10,14-16,20,27-28H,3,9H2,1-2H3,(H,22,29)(H,21,24,25). The zero-order valence-electron chi connectivity index (χ0n) is 16.7. The molecule has 2 aromatic heterocycles. The van der Waals surface area contributed by atoms with Crippen LogP contribution in [0.5, 0.6) is 0 Å². The molecule has 0 spiro atoms. The SMILES string of the molecule is CCNC(=O)C1OC(n2cnc3c(NC)nc(Cc4ccccc4)nc32)C(O)C1O. The smallest absolute Gasteiger partial charge is 0.252 e. The zero-order valence-corrected chi connectivity index (χ0v) is 16.7. The fourth-order valence-corrected chi connectivity index (χ4v) is 3.56. The van der Waals surface area contributed by atoms with Gasteiger partial charge in [-0.2, -0.15) is 0 Å². The summed E-state index contributed by atoms with van der Waals surface area (Å²) in [5, 5.41) is 26.5. The summed E-state index contributed by atoms with van der Waals surface area (Å²) in [6.07, 6.45) is -2.91. The van der Waals surface area contributed by atoms with Crippen LogP contribution in [0.15, 0.2) is 36.7 Å². The lowest BCUT2D eigenvalue weighted by Gasteiger charge is -2.17. The summed E-state index contributed by atoms with van der Waals surface area (Å²) >= 11 is 0. The predicted molar refractivity (Wildman–Crippen MR) is 109 cm³/mol. The van der Waals surface area contributed by atoms with Crippen LogP contribution in [0.4, 0.5) is 5.82 Å². The van der Waals surface area contributed by atoms with E-state index in [1.807, 2.05) is 30.3 Å². The molecule has 1 aliphatic rings. The fraction of sp³-hybridized carbons (Fsp3) is 0.400. The largest absolute Gasteiger partial charge is 0.387 e. The zero-order chi connectivity index (χ0) is 21.3. The number of imidazole rings is 1. The highest BCUT2D eigenvalue weighted by molar-refractivity contribution is 5.83. The number of ether oxygens (including phenoxy) is 1. The number of fused-ring (bicyclic) bond motifs is 1. The summed E-state index contributed by atoms with van der Waals surface area (Å²) in [6, 6.07) is 9.81. The molecule has 0 radical (unpaired) electrons. The van der Waals surface area contributed by atoms with Crippen molar-refractivity contribution in [1.82, 2.24) is 24.8 Å². The summed E-state index contributed by atoms with van der Waals surface area (Å²) < 4.78 is 7.24. The van der Waals surface area contributed by atoms with E-state index in [2.05, 4.69) is 25.6 Å². The fourth-order valence-electron chi connectivity index (χ4n) is 3.56. The third kappa shape index (κ3) is 3.60. The van der Waals surface area contributed by atoms with Gasteiger partial charge in [0, 0.05) is 20.0 Å². The maximum Gasteiger partial charge on any atom is 0.252 e. The molecule has 4 atom stereocenters.